The van der Waals surface area contributed by atoms with Crippen LogP contribution in [-0.4, -0.2) is 32.7 Å². The number of thiophene rings is 1. The van der Waals surface area contributed by atoms with E-state index in [1.54, 1.807) is 11.3 Å². The van der Waals surface area contributed by atoms with Gasteiger partial charge >= 0.3 is 6.03 Å². The second kappa shape index (κ2) is 7.61. The minimum absolute atomic E-state index is 0.109. The lowest BCUT2D eigenvalue weighted by atomic mass is 10.1. The Morgan fingerprint density at radius 2 is 2.25 bits per heavy atom. The Kier molecular flexibility index (Phi) is 5.82. The minimum Gasteiger partial charge on any atom is -0.337 e. The molecule has 2 amide bonds. The Hall–Kier alpha value is -1.11. The number of carbonyl (C=O) groups is 1. The SMILES string of the molecule is CNCCNC(=O)NCc1ccc(C2CC(C)CN2)s1. The highest BCUT2D eigenvalue weighted by Gasteiger charge is 2.23. The molecule has 1 aliphatic rings. The van der Waals surface area contributed by atoms with Crippen LogP contribution in [0.15, 0.2) is 12.1 Å². The minimum atomic E-state index is -0.109. The van der Waals surface area contributed by atoms with Gasteiger partial charge in [-0.2, -0.15) is 0 Å². The van der Waals surface area contributed by atoms with E-state index in [-0.39, 0.29) is 6.03 Å². The van der Waals surface area contributed by atoms with E-state index in [2.05, 4.69) is 40.3 Å². The third kappa shape index (κ3) is 4.47. The van der Waals surface area contributed by atoms with Gasteiger partial charge in [-0.1, -0.05) is 6.92 Å². The van der Waals surface area contributed by atoms with Crippen molar-refractivity contribution in [2.24, 2.45) is 5.92 Å². The maximum Gasteiger partial charge on any atom is 0.315 e. The van der Waals surface area contributed by atoms with Gasteiger partial charge in [0.05, 0.1) is 6.54 Å². The average molecular weight is 296 g/mol. The monoisotopic (exact) mass is 296 g/mol. The molecule has 1 aliphatic heterocycles. The van der Waals surface area contributed by atoms with Crippen LogP contribution in [-0.2, 0) is 6.54 Å². The molecule has 0 radical (unpaired) electrons. The molecule has 2 rings (SSSR count). The lowest BCUT2D eigenvalue weighted by Crippen LogP contribution is -2.38. The number of amides is 2. The van der Waals surface area contributed by atoms with E-state index in [0.717, 1.165) is 19.0 Å². The van der Waals surface area contributed by atoms with Gasteiger partial charge < -0.3 is 21.3 Å². The zero-order valence-corrected chi connectivity index (χ0v) is 13.0. The van der Waals surface area contributed by atoms with Crippen LogP contribution < -0.4 is 21.3 Å². The zero-order valence-electron chi connectivity index (χ0n) is 12.2. The van der Waals surface area contributed by atoms with Crippen LogP contribution in [0.1, 0.15) is 29.1 Å². The lowest BCUT2D eigenvalue weighted by molar-refractivity contribution is 0.240. The Morgan fingerprint density at radius 3 is 2.95 bits per heavy atom. The highest BCUT2D eigenvalue weighted by atomic mass is 32.1. The van der Waals surface area contributed by atoms with Crippen LogP contribution in [0.25, 0.3) is 0 Å². The van der Waals surface area contributed by atoms with Gasteiger partial charge in [-0.3, -0.25) is 0 Å². The molecule has 1 aromatic rings. The number of likely N-dealkylation sites (N-methyl/N-ethyl adjacent to an activating group) is 1. The molecule has 1 saturated heterocycles. The van der Waals surface area contributed by atoms with Gasteiger partial charge in [-0.15, -0.1) is 11.3 Å². The standard InChI is InChI=1S/C14H24N4OS/c1-10-7-12(17-8-10)13-4-3-11(20-13)9-18-14(19)16-6-5-15-2/h3-4,10,12,15,17H,5-9H2,1-2H3,(H2,16,18,19). The molecule has 2 atom stereocenters. The summed E-state index contributed by atoms with van der Waals surface area (Å²) in [5, 5.41) is 12.2. The van der Waals surface area contributed by atoms with Crippen LogP contribution in [0.2, 0.25) is 0 Å². The smallest absolute Gasteiger partial charge is 0.315 e. The summed E-state index contributed by atoms with van der Waals surface area (Å²) < 4.78 is 0. The normalized spacial score (nSPS) is 21.9. The Morgan fingerprint density at radius 1 is 1.40 bits per heavy atom. The predicted molar refractivity (Wildman–Crippen MR) is 83.0 cm³/mol. The van der Waals surface area contributed by atoms with Crippen LogP contribution in [0.3, 0.4) is 0 Å². The molecule has 112 valence electrons. The predicted octanol–water partition coefficient (Wildman–Crippen LogP) is 1.44. The van der Waals surface area contributed by atoms with Gasteiger partial charge in [-0.25, -0.2) is 4.79 Å². The van der Waals surface area contributed by atoms with E-state index in [9.17, 15) is 4.79 Å². The van der Waals surface area contributed by atoms with Crippen molar-refractivity contribution >= 4 is 17.4 Å². The van der Waals surface area contributed by atoms with Gasteiger partial charge in [-0.05, 0) is 38.1 Å². The second-order valence-corrected chi connectivity index (χ2v) is 6.52. The summed E-state index contributed by atoms with van der Waals surface area (Å²) in [5.41, 5.74) is 0. The van der Waals surface area contributed by atoms with Gasteiger partial charge in [0.1, 0.15) is 0 Å². The Balaban J connectivity index is 1.74. The topological polar surface area (TPSA) is 65.2 Å². The molecule has 0 saturated carbocycles. The van der Waals surface area contributed by atoms with Crippen molar-refractivity contribution in [1.29, 1.82) is 0 Å². The molecule has 1 aromatic heterocycles. The molecule has 0 bridgehead atoms. The van der Waals surface area contributed by atoms with E-state index in [1.807, 2.05) is 7.05 Å². The number of hydrogen-bond donors (Lipinski definition) is 4. The molecule has 4 N–H and O–H groups in total. The van der Waals surface area contributed by atoms with Crippen LogP contribution >= 0.6 is 11.3 Å². The maximum atomic E-state index is 11.5. The molecule has 2 heterocycles. The molecule has 1 fully saturated rings. The largest absolute Gasteiger partial charge is 0.337 e. The molecular formula is C14H24N4OS. The van der Waals surface area contributed by atoms with Crippen LogP contribution in [0, 0.1) is 5.92 Å². The maximum absolute atomic E-state index is 11.5. The van der Waals surface area contributed by atoms with Crippen molar-refractivity contribution in [3.63, 3.8) is 0 Å². The number of hydrogen-bond acceptors (Lipinski definition) is 4. The number of urea groups is 1. The first-order valence-corrected chi connectivity index (χ1v) is 7.99. The third-order valence-corrected chi connectivity index (χ3v) is 4.66. The fourth-order valence-corrected chi connectivity index (χ4v) is 3.38. The van der Waals surface area contributed by atoms with Crippen molar-refractivity contribution in [2.45, 2.75) is 25.9 Å². The summed E-state index contributed by atoms with van der Waals surface area (Å²) in [6, 6.07) is 4.67. The molecule has 6 heteroatoms. The number of nitrogens with one attached hydrogen (secondary N) is 4. The van der Waals surface area contributed by atoms with Crippen molar-refractivity contribution in [3.8, 4) is 0 Å². The summed E-state index contributed by atoms with van der Waals surface area (Å²) in [5.74, 6) is 0.752. The van der Waals surface area contributed by atoms with E-state index < -0.39 is 0 Å². The average Bonchev–Trinajstić information content (AvgIpc) is 3.05. The van der Waals surface area contributed by atoms with Gasteiger partial charge in [0.25, 0.3) is 0 Å². The Labute approximate surface area is 124 Å². The molecule has 5 nitrogen and oxygen atoms in total. The molecule has 20 heavy (non-hydrogen) atoms. The molecule has 2 unspecified atom stereocenters. The van der Waals surface area contributed by atoms with Crippen molar-refractivity contribution < 1.29 is 4.79 Å². The molecule has 0 aliphatic carbocycles. The highest BCUT2D eigenvalue weighted by Crippen LogP contribution is 2.31. The first kappa shape index (κ1) is 15.3. The summed E-state index contributed by atoms with van der Waals surface area (Å²) in [4.78, 5) is 14.1. The second-order valence-electron chi connectivity index (χ2n) is 5.32. The Bertz CT molecular complexity index is 435. The first-order chi connectivity index (χ1) is 9.69. The van der Waals surface area contributed by atoms with Crippen molar-refractivity contribution in [1.82, 2.24) is 21.3 Å². The molecule has 0 aromatic carbocycles. The first-order valence-electron chi connectivity index (χ1n) is 7.17. The zero-order chi connectivity index (χ0) is 14.4. The van der Waals surface area contributed by atoms with E-state index >= 15 is 0 Å². The summed E-state index contributed by atoms with van der Waals surface area (Å²) >= 11 is 1.79. The summed E-state index contributed by atoms with van der Waals surface area (Å²) in [7, 11) is 1.87. The van der Waals surface area contributed by atoms with Gasteiger partial charge in [0.2, 0.25) is 0 Å². The van der Waals surface area contributed by atoms with Gasteiger partial charge in [0, 0.05) is 28.9 Å². The van der Waals surface area contributed by atoms with Gasteiger partial charge in [0.15, 0.2) is 0 Å². The fraction of sp³-hybridized carbons (Fsp3) is 0.643. The highest BCUT2D eigenvalue weighted by molar-refractivity contribution is 7.12. The molecular weight excluding hydrogens is 272 g/mol. The van der Waals surface area contributed by atoms with Crippen LogP contribution in [0.5, 0.6) is 0 Å². The quantitative estimate of drug-likeness (QED) is 0.601. The third-order valence-electron chi connectivity index (χ3n) is 3.46. The molecule has 0 spiro atoms. The van der Waals surface area contributed by atoms with E-state index in [0.29, 0.717) is 19.1 Å². The fourth-order valence-electron chi connectivity index (χ4n) is 2.34. The van der Waals surface area contributed by atoms with Crippen LogP contribution in [0.4, 0.5) is 4.79 Å². The van der Waals surface area contributed by atoms with Crippen molar-refractivity contribution in [2.75, 3.05) is 26.7 Å². The number of carbonyl (C=O) groups excluding carboxylic acids is 1. The van der Waals surface area contributed by atoms with E-state index in [1.165, 1.54) is 16.2 Å². The lowest BCUT2D eigenvalue weighted by Gasteiger charge is -2.07. The van der Waals surface area contributed by atoms with E-state index in [4.69, 9.17) is 0 Å². The summed E-state index contributed by atoms with van der Waals surface area (Å²) in [6.07, 6.45) is 1.21. The summed E-state index contributed by atoms with van der Waals surface area (Å²) in [6.45, 7) is 5.39. The van der Waals surface area contributed by atoms with Crippen molar-refractivity contribution in [3.05, 3.63) is 21.9 Å². The number of rotatable bonds is 6.